The van der Waals surface area contributed by atoms with Crippen molar-refractivity contribution < 1.29 is 19.4 Å². The lowest BCUT2D eigenvalue weighted by Gasteiger charge is -2.43. The SMILES string of the molecule is CCC1([C@@H](O)C2C=CCCC2)NC(=O)C(CCCl)OC1=O. The molecule has 2 N–H and O–H groups in total. The van der Waals surface area contributed by atoms with Gasteiger partial charge in [-0.25, -0.2) is 4.79 Å². The number of carbonyl (C=O) groups excluding carboxylic acids is 2. The quantitative estimate of drug-likeness (QED) is 0.458. The van der Waals surface area contributed by atoms with Gasteiger partial charge in [-0.2, -0.15) is 0 Å². The van der Waals surface area contributed by atoms with Crippen LogP contribution in [0.3, 0.4) is 0 Å². The molecular formula is C15H22ClNO4. The average molecular weight is 316 g/mol. The van der Waals surface area contributed by atoms with Crippen LogP contribution in [0.2, 0.25) is 0 Å². The first-order valence-electron chi connectivity index (χ1n) is 7.49. The van der Waals surface area contributed by atoms with Crippen molar-refractivity contribution in [2.75, 3.05) is 5.88 Å². The van der Waals surface area contributed by atoms with E-state index in [2.05, 4.69) is 5.32 Å². The van der Waals surface area contributed by atoms with E-state index in [4.69, 9.17) is 16.3 Å². The van der Waals surface area contributed by atoms with E-state index in [1.807, 2.05) is 12.2 Å². The Morgan fingerprint density at radius 1 is 1.57 bits per heavy atom. The lowest BCUT2D eigenvalue weighted by molar-refractivity contribution is -0.180. The van der Waals surface area contributed by atoms with E-state index in [0.29, 0.717) is 0 Å². The van der Waals surface area contributed by atoms with Crippen LogP contribution in [-0.4, -0.2) is 40.6 Å². The number of alkyl halides is 1. The smallest absolute Gasteiger partial charge is 0.335 e. The molecule has 5 nitrogen and oxygen atoms in total. The highest BCUT2D eigenvalue weighted by Gasteiger charge is 2.53. The highest BCUT2D eigenvalue weighted by Crippen LogP contribution is 2.32. The highest BCUT2D eigenvalue weighted by molar-refractivity contribution is 6.18. The van der Waals surface area contributed by atoms with Crippen LogP contribution in [0.4, 0.5) is 0 Å². The van der Waals surface area contributed by atoms with E-state index < -0.39 is 23.7 Å². The Morgan fingerprint density at radius 2 is 2.33 bits per heavy atom. The van der Waals surface area contributed by atoms with E-state index in [1.165, 1.54) is 0 Å². The maximum Gasteiger partial charge on any atom is 0.335 e. The number of ether oxygens (including phenoxy) is 1. The van der Waals surface area contributed by atoms with E-state index in [1.54, 1.807) is 6.92 Å². The molecule has 4 atom stereocenters. The number of halogens is 1. The van der Waals surface area contributed by atoms with Gasteiger partial charge in [-0.3, -0.25) is 4.79 Å². The van der Waals surface area contributed by atoms with E-state index in [0.717, 1.165) is 19.3 Å². The van der Waals surface area contributed by atoms with Crippen LogP contribution >= 0.6 is 11.6 Å². The van der Waals surface area contributed by atoms with Gasteiger partial charge >= 0.3 is 5.97 Å². The predicted molar refractivity (Wildman–Crippen MR) is 78.9 cm³/mol. The highest BCUT2D eigenvalue weighted by atomic mass is 35.5. The largest absolute Gasteiger partial charge is 0.450 e. The third kappa shape index (κ3) is 3.09. The molecule has 1 saturated heterocycles. The summed E-state index contributed by atoms with van der Waals surface area (Å²) >= 11 is 5.61. The van der Waals surface area contributed by atoms with Gasteiger partial charge in [-0.1, -0.05) is 19.1 Å². The van der Waals surface area contributed by atoms with Gasteiger partial charge in [-0.15, -0.1) is 11.6 Å². The zero-order chi connectivity index (χ0) is 15.5. The van der Waals surface area contributed by atoms with Crippen LogP contribution in [0, 0.1) is 5.92 Å². The van der Waals surface area contributed by atoms with Crippen LogP contribution < -0.4 is 5.32 Å². The summed E-state index contributed by atoms with van der Waals surface area (Å²) in [6.07, 6.45) is 5.41. The molecule has 0 aromatic heterocycles. The molecule has 0 saturated carbocycles. The van der Waals surface area contributed by atoms with Gasteiger partial charge in [0.25, 0.3) is 5.91 Å². The fraction of sp³-hybridized carbons (Fsp3) is 0.733. The number of hydrogen-bond acceptors (Lipinski definition) is 4. The maximum atomic E-state index is 12.4. The van der Waals surface area contributed by atoms with Crippen LogP contribution in [-0.2, 0) is 14.3 Å². The summed E-state index contributed by atoms with van der Waals surface area (Å²) in [6, 6.07) is 0. The van der Waals surface area contributed by atoms with Crippen molar-refractivity contribution >= 4 is 23.5 Å². The number of carbonyl (C=O) groups is 2. The molecule has 1 aliphatic carbocycles. The second-order valence-corrected chi connectivity index (χ2v) is 6.03. The van der Waals surface area contributed by atoms with Gasteiger partial charge in [0, 0.05) is 18.2 Å². The number of morpholine rings is 1. The molecule has 6 heteroatoms. The first-order chi connectivity index (χ1) is 10.0. The van der Waals surface area contributed by atoms with Crippen LogP contribution in [0.15, 0.2) is 12.2 Å². The van der Waals surface area contributed by atoms with E-state index >= 15 is 0 Å². The predicted octanol–water partition coefficient (Wildman–Crippen LogP) is 1.52. The molecule has 1 aliphatic heterocycles. The van der Waals surface area contributed by atoms with Crippen LogP contribution in [0.1, 0.15) is 39.0 Å². The third-order valence-electron chi connectivity index (χ3n) is 4.38. The van der Waals surface area contributed by atoms with Gasteiger partial charge < -0.3 is 15.2 Å². The normalized spacial score (nSPS) is 34.2. The minimum absolute atomic E-state index is 0.142. The van der Waals surface area contributed by atoms with Gasteiger partial charge in [-0.05, 0) is 25.7 Å². The number of esters is 1. The topological polar surface area (TPSA) is 75.6 Å². The molecule has 1 amide bonds. The Bertz CT molecular complexity index is 439. The van der Waals surface area contributed by atoms with Crippen molar-refractivity contribution in [1.29, 1.82) is 0 Å². The zero-order valence-electron chi connectivity index (χ0n) is 12.2. The molecule has 0 radical (unpaired) electrons. The monoisotopic (exact) mass is 315 g/mol. The van der Waals surface area contributed by atoms with Gasteiger partial charge in [0.05, 0.1) is 6.10 Å². The maximum absolute atomic E-state index is 12.4. The average Bonchev–Trinajstić information content (AvgIpc) is 2.51. The Balaban J connectivity index is 2.20. The fourth-order valence-corrected chi connectivity index (χ4v) is 3.23. The minimum atomic E-state index is -1.35. The van der Waals surface area contributed by atoms with Crippen molar-refractivity contribution in [1.82, 2.24) is 5.32 Å². The van der Waals surface area contributed by atoms with Crippen LogP contribution in [0.25, 0.3) is 0 Å². The lowest BCUT2D eigenvalue weighted by atomic mass is 9.77. The summed E-state index contributed by atoms with van der Waals surface area (Å²) < 4.78 is 5.24. The summed E-state index contributed by atoms with van der Waals surface area (Å²) in [5, 5.41) is 13.4. The number of nitrogens with one attached hydrogen (secondary N) is 1. The lowest BCUT2D eigenvalue weighted by Crippen LogP contribution is -2.69. The van der Waals surface area contributed by atoms with Crippen molar-refractivity contribution in [2.45, 2.75) is 56.8 Å². The molecule has 3 unspecified atom stereocenters. The molecule has 1 heterocycles. The first-order valence-corrected chi connectivity index (χ1v) is 8.02. The third-order valence-corrected chi connectivity index (χ3v) is 4.60. The summed E-state index contributed by atoms with van der Waals surface area (Å²) in [5.74, 6) is -0.850. The zero-order valence-corrected chi connectivity index (χ0v) is 12.9. The Labute approximate surface area is 129 Å². The number of allylic oxidation sites excluding steroid dienone is 1. The van der Waals surface area contributed by atoms with Crippen LogP contribution in [0.5, 0.6) is 0 Å². The number of hydrogen-bond donors (Lipinski definition) is 2. The molecular weight excluding hydrogens is 294 g/mol. The molecule has 0 aromatic carbocycles. The van der Waals surface area contributed by atoms with E-state index in [-0.39, 0.29) is 30.5 Å². The number of aliphatic hydroxyl groups is 1. The molecule has 0 spiro atoms. The summed E-state index contributed by atoms with van der Waals surface area (Å²) in [5.41, 5.74) is -1.35. The number of cyclic esters (lactones) is 1. The van der Waals surface area contributed by atoms with Crippen molar-refractivity contribution in [3.63, 3.8) is 0 Å². The van der Waals surface area contributed by atoms with Gasteiger partial charge in [0.1, 0.15) is 0 Å². The minimum Gasteiger partial charge on any atom is -0.450 e. The Kier molecular flexibility index (Phi) is 5.27. The van der Waals surface area contributed by atoms with Gasteiger partial charge in [0.15, 0.2) is 11.6 Å². The molecule has 1 fully saturated rings. The van der Waals surface area contributed by atoms with Crippen molar-refractivity contribution in [3.05, 3.63) is 12.2 Å². The van der Waals surface area contributed by atoms with E-state index in [9.17, 15) is 14.7 Å². The van der Waals surface area contributed by atoms with Gasteiger partial charge in [0.2, 0.25) is 0 Å². The summed E-state index contributed by atoms with van der Waals surface area (Å²) in [6.45, 7) is 1.76. The second-order valence-electron chi connectivity index (χ2n) is 5.65. The van der Waals surface area contributed by atoms with Crippen molar-refractivity contribution in [2.24, 2.45) is 5.92 Å². The molecule has 21 heavy (non-hydrogen) atoms. The molecule has 2 rings (SSSR count). The molecule has 118 valence electrons. The molecule has 0 aromatic rings. The number of rotatable bonds is 5. The molecule has 2 aliphatic rings. The molecule has 0 bridgehead atoms. The summed E-state index contributed by atoms with van der Waals surface area (Å²) in [4.78, 5) is 24.5. The second kappa shape index (κ2) is 6.79. The Morgan fingerprint density at radius 3 is 2.90 bits per heavy atom. The number of amides is 1. The standard InChI is InChI=1S/C15H22ClNO4/c1-2-15(12(18)10-6-4-3-5-7-10)14(20)21-11(8-9-16)13(19)17-15/h4,6,10-12,18H,2-3,5,7-9H2,1H3,(H,17,19)/t10?,11?,12-,15?/m0/s1. The fourth-order valence-electron chi connectivity index (χ4n) is 3.03. The first kappa shape index (κ1) is 16.3. The van der Waals surface area contributed by atoms with Crippen molar-refractivity contribution in [3.8, 4) is 0 Å². The Hall–Kier alpha value is -1.07. The number of aliphatic hydroxyl groups excluding tert-OH is 1. The summed E-state index contributed by atoms with van der Waals surface area (Å²) in [7, 11) is 0.